The molecule has 7 nitrogen and oxygen atoms in total. The molecule has 2 unspecified atom stereocenters. The summed E-state index contributed by atoms with van der Waals surface area (Å²) < 4.78 is 29.1. The van der Waals surface area contributed by atoms with Gasteiger partial charge < -0.3 is 13.8 Å². The number of carbonyl (C=O) groups is 1. The van der Waals surface area contributed by atoms with Gasteiger partial charge in [-0.1, -0.05) is 44.2 Å². The highest BCUT2D eigenvalue weighted by Gasteiger charge is 2.40. The average molecular weight is 416 g/mol. The van der Waals surface area contributed by atoms with Crippen LogP contribution in [0.4, 0.5) is 0 Å². The Morgan fingerprint density at radius 3 is 2.39 bits per heavy atom. The van der Waals surface area contributed by atoms with E-state index in [4.69, 9.17) is 13.8 Å². The van der Waals surface area contributed by atoms with Crippen molar-refractivity contribution in [3.8, 4) is 0 Å². The fraction of sp³-hybridized carbons (Fsp3) is 0.850. The number of unbranched alkanes of at least 4 members (excludes halogenated alkanes) is 5. The van der Waals surface area contributed by atoms with Gasteiger partial charge in [-0.15, -0.1) is 0 Å². The first-order chi connectivity index (χ1) is 13.1. The third kappa shape index (κ3) is 9.33. The Hall–Kier alpha value is -1.20. The summed E-state index contributed by atoms with van der Waals surface area (Å²) >= 11 is 0. The Morgan fingerprint density at radius 1 is 1.14 bits per heavy atom. The van der Waals surface area contributed by atoms with Crippen LogP contribution in [0.2, 0.25) is 0 Å². The zero-order valence-electron chi connectivity index (χ0n) is 18.3. The summed E-state index contributed by atoms with van der Waals surface area (Å²) in [6.45, 7) is 11.0. The summed E-state index contributed by atoms with van der Waals surface area (Å²) in [7, 11) is -3.24. The fourth-order valence-corrected chi connectivity index (χ4v) is 4.48. The Labute approximate surface area is 169 Å². The monoisotopic (exact) mass is 416 g/mol. The molecular weight excluding hydrogens is 379 g/mol. The molecule has 1 aromatic rings. The predicted octanol–water partition coefficient (Wildman–Crippen LogP) is 5.17. The maximum Gasteiger partial charge on any atom is 0.319 e. The lowest BCUT2D eigenvalue weighted by Gasteiger charge is -2.26. The van der Waals surface area contributed by atoms with E-state index in [2.05, 4.69) is 17.1 Å². The first-order valence-electron chi connectivity index (χ1n) is 10.3. The number of hydrogen-bond acceptors (Lipinski definition) is 7. The standard InChI is InChI=1S/C20H37N2O5P/c1-7-9-10-11-12-13-14-17-21-18(27-22-17)15-16(28(6,24)25-8-2)19(23)26-20(3,4)5/h16H,7-15H2,1-6H3. The van der Waals surface area contributed by atoms with Gasteiger partial charge in [-0.05, 0) is 34.1 Å². The lowest BCUT2D eigenvalue weighted by molar-refractivity contribution is -0.154. The molecule has 162 valence electrons. The van der Waals surface area contributed by atoms with E-state index < -0.39 is 24.6 Å². The average Bonchev–Trinajstić information content (AvgIpc) is 3.01. The molecule has 0 saturated carbocycles. The Bertz CT molecular complexity index is 639. The Morgan fingerprint density at radius 2 is 1.79 bits per heavy atom. The third-order valence-corrected chi connectivity index (χ3v) is 6.56. The minimum absolute atomic E-state index is 0.0478. The van der Waals surface area contributed by atoms with Crippen LogP contribution in [0.1, 0.15) is 84.9 Å². The van der Waals surface area contributed by atoms with Gasteiger partial charge >= 0.3 is 5.97 Å². The summed E-state index contributed by atoms with van der Waals surface area (Å²) in [6, 6.07) is 0. The van der Waals surface area contributed by atoms with E-state index in [1.54, 1.807) is 27.7 Å². The molecule has 8 heteroatoms. The van der Waals surface area contributed by atoms with Gasteiger partial charge in [-0.2, -0.15) is 4.98 Å². The van der Waals surface area contributed by atoms with Crippen molar-refractivity contribution in [2.75, 3.05) is 13.3 Å². The molecule has 1 heterocycles. The molecule has 0 aliphatic rings. The number of carbonyl (C=O) groups excluding carboxylic acids is 1. The number of aromatic nitrogens is 2. The van der Waals surface area contributed by atoms with Crippen molar-refractivity contribution in [3.05, 3.63) is 11.7 Å². The van der Waals surface area contributed by atoms with Crippen molar-refractivity contribution in [3.63, 3.8) is 0 Å². The van der Waals surface area contributed by atoms with Crippen LogP contribution in [0, 0.1) is 0 Å². The van der Waals surface area contributed by atoms with E-state index in [-0.39, 0.29) is 13.0 Å². The van der Waals surface area contributed by atoms with Crippen LogP contribution in [0.25, 0.3) is 0 Å². The van der Waals surface area contributed by atoms with E-state index in [9.17, 15) is 9.36 Å². The summed E-state index contributed by atoms with van der Waals surface area (Å²) in [4.78, 5) is 17.0. The van der Waals surface area contributed by atoms with Crippen LogP contribution in [0.5, 0.6) is 0 Å². The molecule has 0 aromatic carbocycles. The molecule has 28 heavy (non-hydrogen) atoms. The smallest absolute Gasteiger partial charge is 0.319 e. The van der Waals surface area contributed by atoms with E-state index in [0.717, 1.165) is 19.3 Å². The van der Waals surface area contributed by atoms with Crippen molar-refractivity contribution < 1.29 is 23.1 Å². The number of aryl methyl sites for hydroxylation is 1. The van der Waals surface area contributed by atoms with Crippen LogP contribution in [-0.4, -0.2) is 40.6 Å². The number of ether oxygens (including phenoxy) is 1. The van der Waals surface area contributed by atoms with Crippen molar-refractivity contribution in [2.45, 2.75) is 97.2 Å². The maximum absolute atomic E-state index is 12.9. The fourth-order valence-electron chi connectivity index (χ4n) is 2.86. The predicted molar refractivity (Wildman–Crippen MR) is 110 cm³/mol. The Kier molecular flexibility index (Phi) is 10.4. The number of nitrogens with zero attached hydrogens (tertiary/aromatic N) is 2. The molecule has 0 N–H and O–H groups in total. The molecule has 1 rings (SSSR count). The van der Waals surface area contributed by atoms with E-state index in [0.29, 0.717) is 11.7 Å². The highest BCUT2D eigenvalue weighted by Crippen LogP contribution is 2.50. The van der Waals surface area contributed by atoms with Gasteiger partial charge in [-0.25, -0.2) is 0 Å². The minimum atomic E-state index is -3.24. The van der Waals surface area contributed by atoms with Gasteiger partial charge in [0.2, 0.25) is 13.3 Å². The maximum atomic E-state index is 12.9. The van der Waals surface area contributed by atoms with Gasteiger partial charge in [0.15, 0.2) is 5.82 Å². The zero-order valence-corrected chi connectivity index (χ0v) is 19.2. The molecule has 0 saturated heterocycles. The SMILES string of the molecule is CCCCCCCCc1noc(CC(C(=O)OC(C)(C)C)P(C)(=O)OCC)n1. The van der Waals surface area contributed by atoms with Crippen molar-refractivity contribution in [2.24, 2.45) is 0 Å². The lowest BCUT2D eigenvalue weighted by Crippen LogP contribution is -2.33. The van der Waals surface area contributed by atoms with Crippen LogP contribution in [-0.2, 0) is 31.5 Å². The highest BCUT2D eigenvalue weighted by molar-refractivity contribution is 7.60. The topological polar surface area (TPSA) is 91.5 Å². The number of rotatable bonds is 13. The minimum Gasteiger partial charge on any atom is -0.459 e. The summed E-state index contributed by atoms with van der Waals surface area (Å²) in [6.07, 6.45) is 7.91. The molecule has 2 atom stereocenters. The first kappa shape index (κ1) is 24.8. The second kappa shape index (κ2) is 11.7. The Balaban J connectivity index is 2.72. The molecule has 1 aromatic heterocycles. The van der Waals surface area contributed by atoms with Crippen molar-refractivity contribution in [1.29, 1.82) is 0 Å². The van der Waals surface area contributed by atoms with E-state index >= 15 is 0 Å². The van der Waals surface area contributed by atoms with Gasteiger partial charge in [0.1, 0.15) is 11.3 Å². The molecule has 0 aliphatic carbocycles. The molecule has 0 spiro atoms. The van der Waals surface area contributed by atoms with Crippen LogP contribution in [0.3, 0.4) is 0 Å². The van der Waals surface area contributed by atoms with Crippen LogP contribution >= 0.6 is 7.37 Å². The molecule has 0 fully saturated rings. The van der Waals surface area contributed by atoms with Gasteiger partial charge in [0, 0.05) is 19.5 Å². The molecule has 0 amide bonds. The molecule has 0 aliphatic heterocycles. The quantitative estimate of drug-likeness (QED) is 0.249. The lowest BCUT2D eigenvalue weighted by atomic mass is 10.1. The third-order valence-electron chi connectivity index (χ3n) is 4.26. The molecular formula is C20H37N2O5P. The summed E-state index contributed by atoms with van der Waals surface area (Å²) in [5, 5.41) is 4.00. The van der Waals surface area contributed by atoms with Crippen LogP contribution in [0.15, 0.2) is 4.52 Å². The number of esters is 1. The largest absolute Gasteiger partial charge is 0.459 e. The first-order valence-corrected chi connectivity index (χ1v) is 12.5. The number of hydrogen-bond donors (Lipinski definition) is 0. The second-order valence-electron chi connectivity index (χ2n) is 8.20. The summed E-state index contributed by atoms with van der Waals surface area (Å²) in [5.74, 6) is 0.344. The van der Waals surface area contributed by atoms with Crippen molar-refractivity contribution >= 4 is 13.3 Å². The van der Waals surface area contributed by atoms with Gasteiger partial charge in [-0.3, -0.25) is 9.36 Å². The van der Waals surface area contributed by atoms with Crippen LogP contribution < -0.4 is 0 Å². The zero-order chi connectivity index (χ0) is 21.2. The highest BCUT2D eigenvalue weighted by atomic mass is 31.2. The van der Waals surface area contributed by atoms with E-state index in [1.807, 2.05) is 0 Å². The van der Waals surface area contributed by atoms with Gasteiger partial charge in [0.25, 0.3) is 0 Å². The normalized spacial score (nSPS) is 15.2. The van der Waals surface area contributed by atoms with Gasteiger partial charge in [0.05, 0.1) is 6.61 Å². The molecule has 0 radical (unpaired) electrons. The summed E-state index contributed by atoms with van der Waals surface area (Å²) in [5.41, 5.74) is -1.65. The molecule has 0 bridgehead atoms. The van der Waals surface area contributed by atoms with Crippen molar-refractivity contribution in [1.82, 2.24) is 10.1 Å². The van der Waals surface area contributed by atoms with E-state index in [1.165, 1.54) is 32.3 Å². The second-order valence-corrected chi connectivity index (χ2v) is 10.9.